The van der Waals surface area contributed by atoms with Crippen molar-refractivity contribution in [1.29, 1.82) is 0 Å². The van der Waals surface area contributed by atoms with Crippen LogP contribution in [0.15, 0.2) is 0 Å². The monoisotopic (exact) mass is 188 g/mol. The van der Waals surface area contributed by atoms with Crippen LogP contribution in [0.5, 0.6) is 0 Å². The molecular weight excluding hydrogens is 172 g/mol. The van der Waals surface area contributed by atoms with Crippen LogP contribution in [0.25, 0.3) is 0 Å². The molecule has 13 heavy (non-hydrogen) atoms. The summed E-state index contributed by atoms with van der Waals surface area (Å²) < 4.78 is 4.76. The summed E-state index contributed by atoms with van der Waals surface area (Å²) in [6.45, 7) is 1.78. The Balaban J connectivity index is 2.03. The molecule has 1 atom stereocenters. The van der Waals surface area contributed by atoms with Gasteiger partial charge in [0.1, 0.15) is 0 Å². The number of carbonyl (C=O) groups is 1. The van der Waals surface area contributed by atoms with Crippen LogP contribution >= 0.6 is 0 Å². The summed E-state index contributed by atoms with van der Waals surface area (Å²) in [7, 11) is 1.59. The first-order valence-electron chi connectivity index (χ1n) is 4.48. The quantitative estimate of drug-likeness (QED) is 0.448. The molecule has 0 spiro atoms. The number of ether oxygens (including phenoxy) is 1. The molecule has 0 radical (unpaired) electrons. The fourth-order valence-electron chi connectivity index (χ4n) is 1.23. The van der Waals surface area contributed by atoms with Gasteiger partial charge in [0.2, 0.25) is 0 Å². The van der Waals surface area contributed by atoms with Crippen LogP contribution in [0.1, 0.15) is 12.8 Å². The summed E-state index contributed by atoms with van der Waals surface area (Å²) in [5.74, 6) is -0.0893. The molecule has 0 aliphatic carbocycles. The number of hydroxylamine groups is 1. The first-order chi connectivity index (χ1) is 6.34. The van der Waals surface area contributed by atoms with Gasteiger partial charge in [-0.2, -0.15) is 0 Å². The van der Waals surface area contributed by atoms with Crippen LogP contribution in [0.3, 0.4) is 0 Å². The van der Waals surface area contributed by atoms with Crippen LogP contribution < -0.4 is 10.8 Å². The molecule has 1 amide bonds. The van der Waals surface area contributed by atoms with Crippen molar-refractivity contribution in [1.82, 2.24) is 10.8 Å². The van der Waals surface area contributed by atoms with E-state index in [1.54, 1.807) is 7.11 Å². The molecule has 0 saturated carbocycles. The van der Waals surface area contributed by atoms with Gasteiger partial charge in [-0.05, 0) is 19.4 Å². The third kappa shape index (κ3) is 3.71. The van der Waals surface area contributed by atoms with Crippen molar-refractivity contribution in [2.45, 2.75) is 18.9 Å². The maximum Gasteiger partial charge on any atom is 0.260 e. The molecule has 0 unspecified atom stereocenters. The zero-order valence-electron chi connectivity index (χ0n) is 7.84. The minimum Gasteiger partial charge on any atom is -0.382 e. The lowest BCUT2D eigenvalue weighted by Crippen LogP contribution is -2.40. The first kappa shape index (κ1) is 10.4. The topological polar surface area (TPSA) is 59.6 Å². The van der Waals surface area contributed by atoms with Gasteiger partial charge in [0, 0.05) is 7.11 Å². The zero-order chi connectivity index (χ0) is 9.52. The van der Waals surface area contributed by atoms with Gasteiger partial charge in [0.05, 0.1) is 19.3 Å². The zero-order valence-corrected chi connectivity index (χ0v) is 7.84. The van der Waals surface area contributed by atoms with E-state index in [4.69, 9.17) is 9.57 Å². The van der Waals surface area contributed by atoms with E-state index in [0.717, 1.165) is 19.4 Å². The summed E-state index contributed by atoms with van der Waals surface area (Å²) in [5.41, 5.74) is 2.38. The van der Waals surface area contributed by atoms with Gasteiger partial charge >= 0.3 is 0 Å². The molecule has 1 aliphatic heterocycles. The Kier molecular flexibility index (Phi) is 4.74. The second kappa shape index (κ2) is 5.90. The highest BCUT2D eigenvalue weighted by molar-refractivity contribution is 5.80. The Bertz CT molecular complexity index is 157. The van der Waals surface area contributed by atoms with Crippen LogP contribution in [0, 0.1) is 0 Å². The molecule has 5 nitrogen and oxygen atoms in total. The number of amides is 1. The van der Waals surface area contributed by atoms with E-state index in [0.29, 0.717) is 13.2 Å². The average molecular weight is 188 g/mol. The van der Waals surface area contributed by atoms with Gasteiger partial charge < -0.3 is 10.1 Å². The number of hydrogen-bond acceptors (Lipinski definition) is 4. The van der Waals surface area contributed by atoms with E-state index in [1.165, 1.54) is 0 Å². The minimum absolute atomic E-state index is 0.0810. The molecule has 1 rings (SSSR count). The Morgan fingerprint density at radius 2 is 2.46 bits per heavy atom. The number of nitrogens with one attached hydrogen (secondary N) is 2. The van der Waals surface area contributed by atoms with Crippen LogP contribution in [0.4, 0.5) is 0 Å². The molecule has 0 bridgehead atoms. The number of carbonyl (C=O) groups excluding carboxylic acids is 1. The van der Waals surface area contributed by atoms with Crippen molar-refractivity contribution in [2.75, 3.05) is 26.9 Å². The van der Waals surface area contributed by atoms with Gasteiger partial charge in [-0.15, -0.1) is 0 Å². The van der Waals surface area contributed by atoms with E-state index in [1.807, 2.05) is 0 Å². The summed E-state index contributed by atoms with van der Waals surface area (Å²) in [4.78, 5) is 16.2. The number of methoxy groups -OCH3 is 1. The molecule has 1 heterocycles. The Hall–Kier alpha value is -0.650. The van der Waals surface area contributed by atoms with Crippen molar-refractivity contribution >= 4 is 5.91 Å². The second-order valence-corrected chi connectivity index (χ2v) is 2.96. The summed E-state index contributed by atoms with van der Waals surface area (Å²) >= 11 is 0. The lowest BCUT2D eigenvalue weighted by molar-refractivity contribution is -0.136. The first-order valence-corrected chi connectivity index (χ1v) is 4.48. The highest BCUT2D eigenvalue weighted by Crippen LogP contribution is 2.03. The second-order valence-electron chi connectivity index (χ2n) is 2.96. The number of hydrogen-bond donors (Lipinski definition) is 2. The molecular formula is C8H16N2O3. The maximum atomic E-state index is 11.3. The van der Waals surface area contributed by atoms with Gasteiger partial charge in [0.25, 0.3) is 5.91 Å². The fourth-order valence-corrected chi connectivity index (χ4v) is 1.23. The van der Waals surface area contributed by atoms with E-state index in [2.05, 4.69) is 10.8 Å². The Labute approximate surface area is 77.7 Å². The normalized spacial score (nSPS) is 21.8. The smallest absolute Gasteiger partial charge is 0.260 e. The fraction of sp³-hybridized carbons (Fsp3) is 0.875. The molecule has 5 heteroatoms. The summed E-state index contributed by atoms with van der Waals surface area (Å²) in [5, 5.41) is 3.07. The van der Waals surface area contributed by atoms with Gasteiger partial charge in [-0.3, -0.25) is 9.63 Å². The van der Waals surface area contributed by atoms with Gasteiger partial charge in [0.15, 0.2) is 0 Å². The number of rotatable bonds is 5. The maximum absolute atomic E-state index is 11.3. The molecule has 1 fully saturated rings. The molecule has 1 saturated heterocycles. The van der Waals surface area contributed by atoms with E-state index < -0.39 is 0 Å². The van der Waals surface area contributed by atoms with Crippen molar-refractivity contribution in [3.8, 4) is 0 Å². The highest BCUT2D eigenvalue weighted by atomic mass is 16.7. The van der Waals surface area contributed by atoms with Crippen molar-refractivity contribution in [2.24, 2.45) is 0 Å². The average Bonchev–Trinajstić information content (AvgIpc) is 2.65. The van der Waals surface area contributed by atoms with Crippen LogP contribution in [-0.2, 0) is 14.4 Å². The molecule has 1 aliphatic rings. The Morgan fingerprint density at radius 3 is 3.08 bits per heavy atom. The lowest BCUT2D eigenvalue weighted by Gasteiger charge is -2.10. The molecule has 0 aromatic rings. The van der Waals surface area contributed by atoms with E-state index in [9.17, 15) is 4.79 Å². The van der Waals surface area contributed by atoms with E-state index in [-0.39, 0.29) is 11.9 Å². The molecule has 0 aromatic heterocycles. The largest absolute Gasteiger partial charge is 0.382 e. The predicted molar refractivity (Wildman–Crippen MR) is 47.0 cm³/mol. The van der Waals surface area contributed by atoms with Gasteiger partial charge in [-0.1, -0.05) is 0 Å². The summed E-state index contributed by atoms with van der Waals surface area (Å²) in [6.07, 6.45) is 1.94. The van der Waals surface area contributed by atoms with Crippen LogP contribution in [0.2, 0.25) is 0 Å². The molecule has 76 valence electrons. The minimum atomic E-state index is -0.0893. The van der Waals surface area contributed by atoms with E-state index >= 15 is 0 Å². The summed E-state index contributed by atoms with van der Waals surface area (Å²) in [6, 6.07) is -0.0810. The van der Waals surface area contributed by atoms with Gasteiger partial charge in [-0.25, -0.2) is 5.48 Å². The van der Waals surface area contributed by atoms with Crippen LogP contribution in [-0.4, -0.2) is 38.8 Å². The molecule has 2 N–H and O–H groups in total. The third-order valence-electron chi connectivity index (χ3n) is 1.94. The Morgan fingerprint density at radius 1 is 1.62 bits per heavy atom. The lowest BCUT2D eigenvalue weighted by atomic mass is 10.2. The highest BCUT2D eigenvalue weighted by Gasteiger charge is 2.21. The SMILES string of the molecule is COCCONC(=O)[C@H]1CCCN1. The third-order valence-corrected chi connectivity index (χ3v) is 1.94. The predicted octanol–water partition coefficient (Wildman–Crippen LogP) is -0.567. The standard InChI is InChI=1S/C8H16N2O3/c1-12-5-6-13-10-8(11)7-3-2-4-9-7/h7,9H,2-6H2,1H3,(H,10,11)/t7-/m1/s1. The van der Waals surface area contributed by atoms with Crippen molar-refractivity contribution < 1.29 is 14.4 Å². The molecule has 0 aromatic carbocycles. The van der Waals surface area contributed by atoms with Crippen molar-refractivity contribution in [3.05, 3.63) is 0 Å². The van der Waals surface area contributed by atoms with Crippen molar-refractivity contribution in [3.63, 3.8) is 0 Å².